The van der Waals surface area contributed by atoms with Crippen LogP contribution in [0.3, 0.4) is 0 Å². The van der Waals surface area contributed by atoms with Crippen LogP contribution in [0.1, 0.15) is 64.5 Å². The van der Waals surface area contributed by atoms with Gasteiger partial charge in [0.25, 0.3) is 0 Å². The molecule has 0 unspecified atom stereocenters. The van der Waals surface area contributed by atoms with E-state index < -0.39 is 11.9 Å². The molecule has 0 heterocycles. The third-order valence-electron chi connectivity index (χ3n) is 11.2. The summed E-state index contributed by atoms with van der Waals surface area (Å²) in [5.74, 6) is -0.311. The van der Waals surface area contributed by atoms with Gasteiger partial charge in [0.2, 0.25) is 0 Å². The lowest BCUT2D eigenvalue weighted by molar-refractivity contribution is 0.0679. The van der Waals surface area contributed by atoms with Crippen LogP contribution in [0.2, 0.25) is 0 Å². The number of esters is 3. The smallest absolute Gasteiger partial charge is 0.343 e. The molecule has 0 spiro atoms. The zero-order valence-corrected chi connectivity index (χ0v) is 43.2. The molecule has 6 nitrogen and oxygen atoms in total. The number of benzene rings is 9. The number of rotatable bonds is 12. The van der Waals surface area contributed by atoms with E-state index in [2.05, 4.69) is 75.4 Å². The summed E-state index contributed by atoms with van der Waals surface area (Å²) in [7, 11) is 0. The summed E-state index contributed by atoms with van der Waals surface area (Å²) >= 11 is 5.05. The summed E-state index contributed by atoms with van der Waals surface area (Å²) in [4.78, 5) is 45.0. The van der Waals surface area contributed by atoms with E-state index in [-0.39, 0.29) is 17.5 Å². The first-order valence-corrected chi connectivity index (χ1v) is 25.4. The Bertz CT molecular complexity index is 3170. The van der Waals surface area contributed by atoms with E-state index in [4.69, 9.17) is 14.2 Å². The monoisotopic (exact) mass is 999 g/mol. The van der Waals surface area contributed by atoms with Crippen molar-refractivity contribution in [2.24, 2.45) is 0 Å². The molecule has 0 aliphatic heterocycles. The van der Waals surface area contributed by atoms with Gasteiger partial charge in [0.1, 0.15) is 5.75 Å². The van der Waals surface area contributed by atoms with Gasteiger partial charge in [0.05, 0.1) is 16.7 Å². The third-order valence-corrected chi connectivity index (χ3v) is 14.9. The van der Waals surface area contributed by atoms with E-state index in [1.807, 2.05) is 112 Å². The standard InChI is InChI=1S/C32H30O4S.C19H13O2S.C12H8S/c1-19-17-18-20(2)29(21(19)3)37-30-23(5)22(4)27(35-31(33)25-13-9-7-10-14-25)28(24(30)6)36-32(34)26-15-11-8-12-16-26;20-19(15-7-3-1-4-8-15)21-16-11-13-18(14-12-16)22-17-9-5-2-6-10-17;1-3-7-11(8-4-1)13-12-9-5-2-6-10-12/h7-18H,1-6H3;1,3-14H;3-10H. The Kier molecular flexibility index (Phi) is 18.9. The van der Waals surface area contributed by atoms with Crippen LogP contribution in [0, 0.1) is 59.7 Å². The first-order valence-electron chi connectivity index (χ1n) is 23.0. The fraction of sp³-hybridized carbons (Fsp3) is 0.0952. The van der Waals surface area contributed by atoms with Gasteiger partial charge in [-0.2, -0.15) is 0 Å². The highest BCUT2D eigenvalue weighted by molar-refractivity contribution is 8.00. The molecule has 3 radical (unpaired) electrons. The molecule has 0 fully saturated rings. The van der Waals surface area contributed by atoms with E-state index in [0.717, 1.165) is 31.4 Å². The Labute approximate surface area is 435 Å². The molecule has 9 rings (SSSR count). The van der Waals surface area contributed by atoms with Crippen molar-refractivity contribution in [2.45, 2.75) is 70.9 Å². The maximum Gasteiger partial charge on any atom is 0.343 e. The van der Waals surface area contributed by atoms with Gasteiger partial charge >= 0.3 is 17.9 Å². The number of carbonyl (C=O) groups is 3. The van der Waals surface area contributed by atoms with Crippen molar-refractivity contribution in [3.63, 3.8) is 0 Å². The first-order chi connectivity index (χ1) is 34.9. The molecule has 0 atom stereocenters. The van der Waals surface area contributed by atoms with Gasteiger partial charge in [-0.3, -0.25) is 0 Å². The highest BCUT2D eigenvalue weighted by atomic mass is 32.2. The number of carbonyl (C=O) groups excluding carboxylic acids is 3. The van der Waals surface area contributed by atoms with Crippen LogP contribution in [0.25, 0.3) is 0 Å². The minimum Gasteiger partial charge on any atom is -0.423 e. The van der Waals surface area contributed by atoms with Crippen LogP contribution in [0.5, 0.6) is 17.2 Å². The summed E-state index contributed by atoms with van der Waals surface area (Å²) in [5.41, 5.74) is 7.44. The van der Waals surface area contributed by atoms with Gasteiger partial charge in [-0.05, 0) is 185 Å². The van der Waals surface area contributed by atoms with Crippen LogP contribution in [-0.2, 0) is 0 Å². The van der Waals surface area contributed by atoms with Gasteiger partial charge in [-0.15, -0.1) is 0 Å². The second-order valence-corrected chi connectivity index (χ2v) is 19.6. The molecule has 0 saturated heterocycles. The van der Waals surface area contributed by atoms with Gasteiger partial charge in [-0.25, -0.2) is 14.4 Å². The van der Waals surface area contributed by atoms with Crippen LogP contribution in [0.15, 0.2) is 230 Å². The van der Waals surface area contributed by atoms with E-state index >= 15 is 0 Å². The molecule has 0 amide bonds. The van der Waals surface area contributed by atoms with E-state index in [0.29, 0.717) is 22.4 Å². The lowest BCUT2D eigenvalue weighted by Crippen LogP contribution is -2.15. The molecule has 0 aromatic heterocycles. The van der Waals surface area contributed by atoms with Crippen LogP contribution >= 0.6 is 35.3 Å². The number of aryl methyl sites for hydroxylation is 2. The predicted octanol–water partition coefficient (Wildman–Crippen LogP) is 16.4. The SMILES string of the molecule is Cc1ccc(C)c(Sc2c(C)c(C)c(OC(=O)c3ccccc3)c(OC(=O)c3ccccc3)c2C)c1C.O=C(Oc1ccc(Sc2cc[c]cc2)cc1)c1ccccc1.[c]1ccc(Sc2cc[c]cc2)cc1. The number of hydrogen-bond donors (Lipinski definition) is 0. The maximum absolute atomic E-state index is 13.1. The molecule has 72 heavy (non-hydrogen) atoms. The quantitative estimate of drug-likeness (QED) is 0.0878. The Morgan fingerprint density at radius 1 is 0.333 bits per heavy atom. The van der Waals surface area contributed by atoms with Crippen molar-refractivity contribution < 1.29 is 28.6 Å². The van der Waals surface area contributed by atoms with Crippen LogP contribution in [0.4, 0.5) is 0 Å². The topological polar surface area (TPSA) is 78.9 Å². The predicted molar refractivity (Wildman–Crippen MR) is 290 cm³/mol. The molecule has 0 saturated carbocycles. The first kappa shape index (κ1) is 52.3. The van der Waals surface area contributed by atoms with Crippen molar-refractivity contribution in [3.8, 4) is 17.2 Å². The lowest BCUT2D eigenvalue weighted by atomic mass is 10.0. The second-order valence-electron chi connectivity index (χ2n) is 16.3. The van der Waals surface area contributed by atoms with Crippen molar-refractivity contribution in [1.29, 1.82) is 0 Å². The second kappa shape index (κ2) is 26.1. The molecule has 9 heteroatoms. The Morgan fingerprint density at radius 3 is 1.11 bits per heavy atom. The molecular weight excluding hydrogens is 949 g/mol. The molecule has 0 aliphatic rings. The van der Waals surface area contributed by atoms with Crippen molar-refractivity contribution in [3.05, 3.63) is 268 Å². The van der Waals surface area contributed by atoms with Crippen LogP contribution < -0.4 is 14.2 Å². The average molecular weight is 1000 g/mol. The zero-order chi connectivity index (χ0) is 50.8. The van der Waals surface area contributed by atoms with Gasteiger partial charge in [0, 0.05) is 34.9 Å². The number of ether oxygens (including phenoxy) is 3. The minimum atomic E-state index is -0.511. The average Bonchev–Trinajstić information content (AvgIpc) is 3.42. The Balaban J connectivity index is 0.000000181. The molecule has 9 aromatic rings. The zero-order valence-electron chi connectivity index (χ0n) is 40.7. The fourth-order valence-electron chi connectivity index (χ4n) is 7.01. The van der Waals surface area contributed by atoms with E-state index in [1.54, 1.807) is 108 Å². The number of hydrogen-bond acceptors (Lipinski definition) is 9. The van der Waals surface area contributed by atoms with Gasteiger partial charge in [-0.1, -0.05) is 138 Å². The largest absolute Gasteiger partial charge is 0.423 e. The fourth-order valence-corrected chi connectivity index (χ4v) is 9.94. The summed E-state index contributed by atoms with van der Waals surface area (Å²) in [6.45, 7) is 12.1. The van der Waals surface area contributed by atoms with E-state index in [1.165, 1.54) is 31.4 Å². The Hall–Kier alpha value is -7.56. The Morgan fingerprint density at radius 2 is 0.694 bits per heavy atom. The molecule has 9 aromatic carbocycles. The lowest BCUT2D eigenvalue weighted by Gasteiger charge is -2.22. The summed E-state index contributed by atoms with van der Waals surface area (Å²) in [6.07, 6.45) is 0. The third kappa shape index (κ3) is 14.5. The molecule has 0 bridgehead atoms. The summed E-state index contributed by atoms with van der Waals surface area (Å²) in [5, 5.41) is 0. The van der Waals surface area contributed by atoms with Crippen molar-refractivity contribution in [2.75, 3.05) is 0 Å². The van der Waals surface area contributed by atoms with Crippen molar-refractivity contribution >= 4 is 53.2 Å². The van der Waals surface area contributed by atoms with Gasteiger partial charge < -0.3 is 14.2 Å². The molecule has 357 valence electrons. The summed E-state index contributed by atoms with van der Waals surface area (Å²) in [6, 6.07) is 71.0. The highest BCUT2D eigenvalue weighted by Gasteiger charge is 2.26. The molecular formula is C63H51O6S3. The van der Waals surface area contributed by atoms with E-state index in [9.17, 15) is 14.4 Å². The molecule has 0 N–H and O–H groups in total. The maximum atomic E-state index is 13.1. The molecule has 0 aliphatic carbocycles. The van der Waals surface area contributed by atoms with Crippen LogP contribution in [-0.4, -0.2) is 17.9 Å². The van der Waals surface area contributed by atoms with Gasteiger partial charge in [0.15, 0.2) is 11.5 Å². The summed E-state index contributed by atoms with van der Waals surface area (Å²) < 4.78 is 17.2. The minimum absolute atomic E-state index is 0.256. The van der Waals surface area contributed by atoms with Crippen molar-refractivity contribution in [1.82, 2.24) is 0 Å². The highest BCUT2D eigenvalue weighted by Crippen LogP contribution is 2.47. The normalized spacial score (nSPS) is 10.4.